The molecule has 0 radical (unpaired) electrons. The van der Waals surface area contributed by atoms with Crippen molar-refractivity contribution in [3.8, 4) is 0 Å². The molecule has 0 amide bonds. The van der Waals surface area contributed by atoms with Crippen LogP contribution in [0.1, 0.15) is 34.1 Å². The number of nitrogens with zero attached hydrogens (tertiary/aromatic N) is 4. The quantitative estimate of drug-likeness (QED) is 0.0627. The summed E-state index contributed by atoms with van der Waals surface area (Å²) in [5.41, 5.74) is -0.184. The molecule has 0 saturated carbocycles. The van der Waals surface area contributed by atoms with Crippen molar-refractivity contribution in [2.45, 2.75) is 51.7 Å². The molecule has 0 bridgehead atoms. The lowest BCUT2D eigenvalue weighted by atomic mass is 9.97. The van der Waals surface area contributed by atoms with Gasteiger partial charge in [-0.1, -0.05) is 303 Å². The number of rotatable bonds is 22. The molecule has 0 N–H and O–H groups in total. The minimum atomic E-state index is -0.893. The van der Waals surface area contributed by atoms with Gasteiger partial charge in [-0.05, 0) is 108 Å². The van der Waals surface area contributed by atoms with Crippen LogP contribution in [0.15, 0.2) is 303 Å². The molecule has 2 atom stereocenters. The average Bonchev–Trinajstić information content (AvgIpc) is 3.60. The Labute approximate surface area is 491 Å². The fraction of sp³-hybridized carbons (Fsp3) is 0.167. The zero-order chi connectivity index (χ0) is 56.4. The van der Waals surface area contributed by atoms with Gasteiger partial charge in [-0.3, -0.25) is 14.0 Å². The normalized spacial score (nSPS) is 12.6. The van der Waals surface area contributed by atoms with E-state index in [2.05, 4.69) is 371 Å². The Kier molecular flexibility index (Phi) is 22.1. The molecular formula is C72H77N4P5. The van der Waals surface area contributed by atoms with E-state index in [1.54, 1.807) is 0 Å². The summed E-state index contributed by atoms with van der Waals surface area (Å²) >= 11 is 0. The van der Waals surface area contributed by atoms with Crippen LogP contribution in [0.5, 0.6) is 0 Å². The van der Waals surface area contributed by atoms with Crippen molar-refractivity contribution in [2.75, 3.05) is 27.7 Å². The standard InChI is InChI=1S/C43H45N2P3.C29H32N2P2/c1-36(44(4)46(37-23-11-5-12-24-37)38-25-13-6-14-26-38)35-43(2,3)45(47(39-27-15-7-16-28-39)40-29-17-8-18-30-40)48(41-31-19-9-20-32-41)42-33-21-10-22-34-42;1-25(31(3)33(28-20-12-6-13-21-28)29-22-14-7-15-23-29)24-30(2)32(26-16-8-4-9-17-26)27-18-10-5-11-19-27/h5-34,36H,35H2,1-4H3;4-23,25H,24H2,1-3H3. The summed E-state index contributed by atoms with van der Waals surface area (Å²) in [5.74, 6) is 0. The molecule has 2 unspecified atom stereocenters. The van der Waals surface area contributed by atoms with Gasteiger partial charge in [-0.15, -0.1) is 0 Å². The largest absolute Gasteiger partial charge is 0.276 e. The molecule has 0 heterocycles. The zero-order valence-electron chi connectivity index (χ0n) is 48.0. The average molecular weight is 1150 g/mol. The highest BCUT2D eigenvalue weighted by Crippen LogP contribution is 2.60. The number of likely N-dealkylation sites (N-methyl/N-ethyl adjacent to an activating group) is 2. The molecule has 0 fully saturated rings. The molecule has 0 aliphatic heterocycles. The summed E-state index contributed by atoms with van der Waals surface area (Å²) in [5, 5.41) is 13.8. The molecule has 81 heavy (non-hydrogen) atoms. The first-order chi connectivity index (χ1) is 39.6. The van der Waals surface area contributed by atoms with Crippen molar-refractivity contribution in [1.29, 1.82) is 0 Å². The van der Waals surface area contributed by atoms with Crippen LogP contribution in [0.4, 0.5) is 0 Å². The van der Waals surface area contributed by atoms with E-state index in [0.717, 1.165) is 13.0 Å². The van der Waals surface area contributed by atoms with Crippen LogP contribution in [0.2, 0.25) is 0 Å². The van der Waals surface area contributed by atoms with Gasteiger partial charge in [-0.2, -0.15) is 0 Å². The molecule has 0 spiro atoms. The second-order valence-corrected chi connectivity index (χ2v) is 32.2. The first-order valence-electron chi connectivity index (χ1n) is 28.1. The van der Waals surface area contributed by atoms with Crippen LogP contribution in [0.3, 0.4) is 0 Å². The van der Waals surface area contributed by atoms with E-state index in [4.69, 9.17) is 0 Å². The van der Waals surface area contributed by atoms with Crippen LogP contribution in [-0.2, 0) is 0 Å². The first-order valence-corrected chi connectivity index (χ1v) is 34.5. The second-order valence-electron chi connectivity index (χ2n) is 20.9. The van der Waals surface area contributed by atoms with Crippen LogP contribution >= 0.6 is 40.4 Å². The van der Waals surface area contributed by atoms with E-state index < -0.39 is 40.4 Å². The minimum absolute atomic E-state index is 0.184. The Morgan fingerprint density at radius 2 is 0.457 bits per heavy atom. The number of benzene rings is 10. The molecule has 10 aromatic carbocycles. The third-order valence-corrected chi connectivity index (χ3v) is 28.2. The SMILES string of the molecule is CC(CC(C)(C)N(P(c1ccccc1)c1ccccc1)P(c1ccccc1)c1ccccc1)N(C)P(c1ccccc1)c1ccccc1.CC(CN(C)P(c1ccccc1)c1ccccc1)N(C)P(c1ccccc1)c1ccccc1. The highest BCUT2D eigenvalue weighted by Gasteiger charge is 2.43. The highest BCUT2D eigenvalue weighted by molar-refractivity contribution is 7.84. The fourth-order valence-corrected chi connectivity index (χ4v) is 24.2. The van der Waals surface area contributed by atoms with Crippen molar-refractivity contribution < 1.29 is 0 Å². The van der Waals surface area contributed by atoms with Crippen LogP contribution in [0, 0.1) is 0 Å². The van der Waals surface area contributed by atoms with E-state index in [1.807, 2.05) is 0 Å². The minimum Gasteiger partial charge on any atom is -0.276 e. The predicted octanol–water partition coefficient (Wildman–Crippen LogP) is 14.3. The Bertz CT molecular complexity index is 3060. The smallest absolute Gasteiger partial charge is 0.0328 e. The first kappa shape index (κ1) is 59.8. The summed E-state index contributed by atoms with van der Waals surface area (Å²) < 4.78 is 10.7. The van der Waals surface area contributed by atoms with Gasteiger partial charge in [0.15, 0.2) is 0 Å². The van der Waals surface area contributed by atoms with Crippen molar-refractivity contribution in [2.24, 2.45) is 0 Å². The summed E-state index contributed by atoms with van der Waals surface area (Å²) in [6, 6.07) is 112. The van der Waals surface area contributed by atoms with Crippen LogP contribution in [-0.4, -0.2) is 63.8 Å². The van der Waals surface area contributed by atoms with E-state index in [9.17, 15) is 0 Å². The summed E-state index contributed by atoms with van der Waals surface area (Å²) in [6.45, 7) is 10.8. The van der Waals surface area contributed by atoms with Gasteiger partial charge in [0.1, 0.15) is 0 Å². The Morgan fingerprint density at radius 3 is 0.679 bits per heavy atom. The zero-order valence-corrected chi connectivity index (χ0v) is 52.4. The van der Waals surface area contributed by atoms with Gasteiger partial charge in [0.2, 0.25) is 0 Å². The van der Waals surface area contributed by atoms with E-state index in [1.165, 1.54) is 53.0 Å². The third kappa shape index (κ3) is 15.6. The maximum absolute atomic E-state index is 2.94. The Morgan fingerprint density at radius 1 is 0.272 bits per heavy atom. The van der Waals surface area contributed by atoms with Crippen LogP contribution in [0.25, 0.3) is 0 Å². The van der Waals surface area contributed by atoms with Crippen molar-refractivity contribution in [3.63, 3.8) is 0 Å². The van der Waals surface area contributed by atoms with E-state index >= 15 is 0 Å². The number of hydrogen-bond donors (Lipinski definition) is 0. The second kappa shape index (κ2) is 30.0. The number of hydrogen-bond acceptors (Lipinski definition) is 4. The van der Waals surface area contributed by atoms with E-state index in [0.29, 0.717) is 12.1 Å². The summed E-state index contributed by atoms with van der Waals surface area (Å²) in [6.07, 6.45) is 0.999. The Balaban J connectivity index is 0.000000210. The molecule has 410 valence electrons. The maximum Gasteiger partial charge on any atom is 0.0328 e. The maximum atomic E-state index is 2.94. The van der Waals surface area contributed by atoms with Gasteiger partial charge < -0.3 is 0 Å². The molecule has 0 aliphatic rings. The summed E-state index contributed by atoms with van der Waals surface area (Å²) in [7, 11) is 3.24. The van der Waals surface area contributed by atoms with Gasteiger partial charge in [0.25, 0.3) is 0 Å². The van der Waals surface area contributed by atoms with Crippen molar-refractivity contribution >= 4 is 93.4 Å². The lowest BCUT2D eigenvalue weighted by Gasteiger charge is -2.50. The predicted molar refractivity (Wildman–Crippen MR) is 363 cm³/mol. The molecule has 0 saturated heterocycles. The highest BCUT2D eigenvalue weighted by atomic mass is 31.2. The fourth-order valence-electron chi connectivity index (χ4n) is 10.5. The lowest BCUT2D eigenvalue weighted by molar-refractivity contribution is 0.261. The summed E-state index contributed by atoms with van der Waals surface area (Å²) in [4.78, 5) is 0. The van der Waals surface area contributed by atoms with Crippen molar-refractivity contribution in [1.82, 2.24) is 18.5 Å². The molecule has 4 nitrogen and oxygen atoms in total. The van der Waals surface area contributed by atoms with Crippen LogP contribution < -0.4 is 53.0 Å². The monoisotopic (exact) mass is 1150 g/mol. The Hall–Kier alpha value is -5.81. The molecule has 10 aromatic rings. The van der Waals surface area contributed by atoms with E-state index in [-0.39, 0.29) is 5.54 Å². The van der Waals surface area contributed by atoms with Gasteiger partial charge in [-0.25, -0.2) is 4.44 Å². The molecule has 0 aromatic heterocycles. The molecule has 10 rings (SSSR count). The van der Waals surface area contributed by atoms with Crippen molar-refractivity contribution in [3.05, 3.63) is 303 Å². The third-order valence-electron chi connectivity index (χ3n) is 14.5. The van der Waals surface area contributed by atoms with Gasteiger partial charge >= 0.3 is 0 Å². The van der Waals surface area contributed by atoms with Gasteiger partial charge in [0, 0.05) is 64.5 Å². The van der Waals surface area contributed by atoms with Gasteiger partial charge in [0.05, 0.1) is 0 Å². The molecule has 0 aliphatic carbocycles. The topological polar surface area (TPSA) is 13.0 Å². The molecular weight excluding hydrogens is 1080 g/mol. The molecule has 9 heteroatoms. The lowest BCUT2D eigenvalue weighted by Crippen LogP contribution is -2.48.